The Labute approximate surface area is 164 Å². The summed E-state index contributed by atoms with van der Waals surface area (Å²) in [5.41, 5.74) is 5.14. The minimum atomic E-state index is -0.357. The quantitative estimate of drug-likeness (QED) is 0.614. The molecule has 7 heteroatoms. The van der Waals surface area contributed by atoms with Crippen LogP contribution in [0.15, 0.2) is 47.6 Å². The molecule has 0 fully saturated rings. The molecule has 0 saturated carbocycles. The van der Waals surface area contributed by atoms with Crippen molar-refractivity contribution in [1.82, 2.24) is 5.43 Å². The average molecular weight is 385 g/mol. The van der Waals surface area contributed by atoms with Crippen LogP contribution >= 0.6 is 12.2 Å². The average Bonchev–Trinajstić information content (AvgIpc) is 2.65. The van der Waals surface area contributed by atoms with Gasteiger partial charge in [0.15, 0.2) is 5.11 Å². The number of rotatable bonds is 4. The molecule has 0 aromatic heterocycles. The fourth-order valence-corrected chi connectivity index (χ4v) is 3.02. The second-order valence-corrected chi connectivity index (χ2v) is 7.17. The van der Waals surface area contributed by atoms with Crippen molar-refractivity contribution in [2.24, 2.45) is 5.10 Å². The molecule has 0 atom stereocenters. The van der Waals surface area contributed by atoms with Gasteiger partial charge >= 0.3 is 0 Å². The van der Waals surface area contributed by atoms with E-state index in [4.69, 9.17) is 26.4 Å². The van der Waals surface area contributed by atoms with E-state index >= 15 is 0 Å². The maximum absolute atomic E-state index is 6.05. The Morgan fingerprint density at radius 3 is 2.59 bits per heavy atom. The molecule has 6 nitrogen and oxygen atoms in total. The van der Waals surface area contributed by atoms with Crippen molar-refractivity contribution in [3.63, 3.8) is 0 Å². The van der Waals surface area contributed by atoms with Gasteiger partial charge in [0.05, 0.1) is 19.9 Å². The zero-order valence-corrected chi connectivity index (χ0v) is 16.6. The van der Waals surface area contributed by atoms with Gasteiger partial charge in [-0.25, -0.2) is 0 Å². The Hall–Kier alpha value is -2.80. The lowest BCUT2D eigenvalue weighted by Gasteiger charge is -2.33. The summed E-state index contributed by atoms with van der Waals surface area (Å²) in [6, 6.07) is 13.2. The highest BCUT2D eigenvalue weighted by molar-refractivity contribution is 7.80. The van der Waals surface area contributed by atoms with Gasteiger partial charge in [-0.1, -0.05) is 6.07 Å². The number of hydrazone groups is 1. The molecule has 0 unspecified atom stereocenters. The van der Waals surface area contributed by atoms with Gasteiger partial charge in [0, 0.05) is 23.7 Å². The molecular formula is C20H23N3O3S. The normalized spacial score (nSPS) is 16.1. The number of methoxy groups -OCH3 is 2. The molecular weight excluding hydrogens is 362 g/mol. The SMILES string of the molecule is COc1cccc(NC(=S)N/N=C2\CC(C)(C)Oc3ccc(OC)cc32)c1. The van der Waals surface area contributed by atoms with Crippen LogP contribution < -0.4 is 25.0 Å². The Morgan fingerprint density at radius 2 is 1.85 bits per heavy atom. The molecule has 1 heterocycles. The minimum absolute atomic E-state index is 0.357. The van der Waals surface area contributed by atoms with Crippen LogP contribution in [0.1, 0.15) is 25.8 Å². The number of nitrogens with zero attached hydrogens (tertiary/aromatic N) is 1. The number of hydrogen-bond donors (Lipinski definition) is 2. The molecule has 2 N–H and O–H groups in total. The van der Waals surface area contributed by atoms with Crippen LogP contribution in [-0.2, 0) is 0 Å². The van der Waals surface area contributed by atoms with E-state index < -0.39 is 0 Å². The topological polar surface area (TPSA) is 64.1 Å². The Balaban J connectivity index is 1.78. The Kier molecular flexibility index (Phi) is 5.51. The number of anilines is 1. The van der Waals surface area contributed by atoms with Crippen molar-refractivity contribution in [2.75, 3.05) is 19.5 Å². The third-order valence-corrected chi connectivity index (χ3v) is 4.29. The highest BCUT2D eigenvalue weighted by Crippen LogP contribution is 2.35. The van der Waals surface area contributed by atoms with Crippen LogP contribution in [0.25, 0.3) is 0 Å². The summed E-state index contributed by atoms with van der Waals surface area (Å²) in [5, 5.41) is 8.02. The van der Waals surface area contributed by atoms with E-state index in [2.05, 4.69) is 15.8 Å². The van der Waals surface area contributed by atoms with Crippen LogP contribution in [0.2, 0.25) is 0 Å². The van der Waals surface area contributed by atoms with Gasteiger partial charge in [-0.2, -0.15) is 5.10 Å². The van der Waals surface area contributed by atoms with E-state index in [9.17, 15) is 0 Å². The molecule has 0 bridgehead atoms. The summed E-state index contributed by atoms with van der Waals surface area (Å²) in [4.78, 5) is 0. The first kappa shape index (κ1) is 19.0. The molecule has 2 aromatic carbocycles. The predicted octanol–water partition coefficient (Wildman–Crippen LogP) is 3.96. The van der Waals surface area contributed by atoms with Gasteiger partial charge in [0.1, 0.15) is 22.8 Å². The van der Waals surface area contributed by atoms with E-state index in [1.807, 2.05) is 56.3 Å². The Bertz CT molecular complexity index is 881. The maximum atomic E-state index is 6.05. The molecule has 0 spiro atoms. The number of benzene rings is 2. The number of ether oxygens (including phenoxy) is 3. The fraction of sp³-hybridized carbons (Fsp3) is 0.300. The minimum Gasteiger partial charge on any atom is -0.497 e. The van der Waals surface area contributed by atoms with E-state index in [-0.39, 0.29) is 5.60 Å². The summed E-state index contributed by atoms with van der Waals surface area (Å²) in [7, 11) is 3.26. The monoisotopic (exact) mass is 385 g/mol. The molecule has 142 valence electrons. The summed E-state index contributed by atoms with van der Waals surface area (Å²) in [6.45, 7) is 4.06. The standard InChI is InChI=1S/C20H23N3O3S/c1-20(2)12-17(16-11-15(25-4)8-9-18(16)26-20)22-23-19(27)21-13-6-5-7-14(10-13)24-3/h5-11H,12H2,1-4H3,(H2,21,23,27)/b22-17+. The van der Waals surface area contributed by atoms with Crippen LogP contribution in [0.3, 0.4) is 0 Å². The van der Waals surface area contributed by atoms with Crippen LogP contribution in [-0.4, -0.2) is 30.6 Å². The first-order valence-corrected chi connectivity index (χ1v) is 8.96. The molecule has 0 radical (unpaired) electrons. The molecule has 1 aliphatic heterocycles. The van der Waals surface area contributed by atoms with E-state index in [1.54, 1.807) is 14.2 Å². The van der Waals surface area contributed by atoms with E-state index in [0.29, 0.717) is 11.5 Å². The first-order chi connectivity index (χ1) is 12.9. The smallest absolute Gasteiger partial charge is 0.191 e. The molecule has 1 aliphatic rings. The van der Waals surface area contributed by atoms with Gasteiger partial charge in [-0.15, -0.1) is 0 Å². The lowest BCUT2D eigenvalue weighted by atomic mass is 9.92. The van der Waals surface area contributed by atoms with Gasteiger partial charge in [-0.3, -0.25) is 5.43 Å². The molecule has 2 aromatic rings. The third-order valence-electron chi connectivity index (χ3n) is 4.10. The molecule has 0 saturated heterocycles. The lowest BCUT2D eigenvalue weighted by molar-refractivity contribution is 0.111. The Morgan fingerprint density at radius 1 is 1.11 bits per heavy atom. The van der Waals surface area contributed by atoms with Crippen molar-refractivity contribution >= 4 is 28.7 Å². The first-order valence-electron chi connectivity index (χ1n) is 8.55. The molecule has 3 rings (SSSR count). The van der Waals surface area contributed by atoms with Gasteiger partial charge in [0.2, 0.25) is 0 Å². The van der Waals surface area contributed by atoms with Gasteiger partial charge in [0.25, 0.3) is 0 Å². The zero-order chi connectivity index (χ0) is 19.4. The molecule has 0 amide bonds. The summed E-state index contributed by atoms with van der Waals surface area (Å²) >= 11 is 5.36. The van der Waals surface area contributed by atoms with Crippen molar-refractivity contribution in [2.45, 2.75) is 25.9 Å². The van der Waals surface area contributed by atoms with Crippen molar-refractivity contribution in [3.8, 4) is 17.2 Å². The maximum Gasteiger partial charge on any atom is 0.191 e. The molecule has 27 heavy (non-hydrogen) atoms. The van der Waals surface area contributed by atoms with Gasteiger partial charge in [-0.05, 0) is 56.4 Å². The predicted molar refractivity (Wildman–Crippen MR) is 111 cm³/mol. The number of nitrogens with one attached hydrogen (secondary N) is 2. The third kappa shape index (κ3) is 4.68. The van der Waals surface area contributed by atoms with E-state index in [0.717, 1.165) is 34.2 Å². The van der Waals surface area contributed by atoms with Crippen molar-refractivity contribution in [3.05, 3.63) is 48.0 Å². The van der Waals surface area contributed by atoms with Gasteiger partial charge < -0.3 is 19.5 Å². The number of thiocarbonyl (C=S) groups is 1. The largest absolute Gasteiger partial charge is 0.497 e. The highest BCUT2D eigenvalue weighted by Gasteiger charge is 2.31. The second-order valence-electron chi connectivity index (χ2n) is 6.76. The summed E-state index contributed by atoms with van der Waals surface area (Å²) in [6.07, 6.45) is 0.641. The van der Waals surface area contributed by atoms with Crippen molar-refractivity contribution < 1.29 is 14.2 Å². The molecule has 0 aliphatic carbocycles. The second kappa shape index (κ2) is 7.84. The van der Waals surface area contributed by atoms with Crippen molar-refractivity contribution in [1.29, 1.82) is 0 Å². The summed E-state index contributed by atoms with van der Waals surface area (Å²) in [5.74, 6) is 2.28. The number of fused-ring (bicyclic) bond motifs is 1. The number of hydrogen-bond acceptors (Lipinski definition) is 5. The zero-order valence-electron chi connectivity index (χ0n) is 15.8. The fourth-order valence-electron chi connectivity index (χ4n) is 2.86. The summed E-state index contributed by atoms with van der Waals surface area (Å²) < 4.78 is 16.6. The highest BCUT2D eigenvalue weighted by atomic mass is 32.1. The van der Waals surface area contributed by atoms with E-state index in [1.165, 1.54) is 0 Å². The van der Waals surface area contributed by atoms with Crippen LogP contribution in [0, 0.1) is 0 Å². The van der Waals surface area contributed by atoms with Crippen LogP contribution in [0.5, 0.6) is 17.2 Å². The van der Waals surface area contributed by atoms with Crippen LogP contribution in [0.4, 0.5) is 5.69 Å². The lowest BCUT2D eigenvalue weighted by Crippen LogP contribution is -2.37.